The number of hydrogen-bond acceptors (Lipinski definition) is 7. The third-order valence-corrected chi connectivity index (χ3v) is 2.95. The highest BCUT2D eigenvalue weighted by molar-refractivity contribution is 6.30. The second kappa shape index (κ2) is 6.60. The van der Waals surface area contributed by atoms with Crippen LogP contribution in [0.5, 0.6) is 0 Å². The van der Waals surface area contributed by atoms with Crippen LogP contribution in [0.4, 0.5) is 5.69 Å². The monoisotopic (exact) mass is 304 g/mol. The minimum Gasteiger partial charge on any atom is -0.469 e. The van der Waals surface area contributed by atoms with Gasteiger partial charge in [0, 0.05) is 11.6 Å². The molecule has 0 saturated carbocycles. The Bertz CT molecular complexity index is 536. The van der Waals surface area contributed by atoms with E-state index in [0.717, 1.165) is 13.2 Å². The van der Waals surface area contributed by atoms with Gasteiger partial charge in [0.25, 0.3) is 5.69 Å². The van der Waals surface area contributed by atoms with Gasteiger partial charge in [-0.15, -0.1) is 0 Å². The van der Waals surface area contributed by atoms with Crippen LogP contribution in [0.1, 0.15) is 23.8 Å². The number of aryl methyl sites for hydroxylation is 1. The third-order valence-electron chi connectivity index (χ3n) is 2.65. The molecule has 0 spiro atoms. The van der Waals surface area contributed by atoms with Gasteiger partial charge in [-0.2, -0.15) is 0 Å². The van der Waals surface area contributed by atoms with Gasteiger partial charge in [0.05, 0.1) is 24.6 Å². The zero-order chi connectivity index (χ0) is 15.4. The van der Waals surface area contributed by atoms with E-state index in [1.807, 2.05) is 0 Å². The summed E-state index contributed by atoms with van der Waals surface area (Å²) in [5.41, 5.74) is -0.382. The second-order valence-electron chi connectivity index (χ2n) is 4.02. The van der Waals surface area contributed by atoms with Crippen LogP contribution in [0.2, 0.25) is 5.15 Å². The van der Waals surface area contributed by atoms with E-state index in [1.165, 1.54) is 6.92 Å². The van der Waals surface area contributed by atoms with Crippen molar-refractivity contribution in [3.63, 3.8) is 0 Å². The number of rotatable bonds is 5. The zero-order valence-electron chi connectivity index (χ0n) is 10.7. The van der Waals surface area contributed by atoms with Gasteiger partial charge in [-0.25, -0.2) is 4.98 Å². The summed E-state index contributed by atoms with van der Waals surface area (Å²) >= 11 is 5.79. The lowest BCUT2D eigenvalue weighted by molar-refractivity contribution is -0.385. The molecule has 0 aliphatic carbocycles. The van der Waals surface area contributed by atoms with Crippen molar-refractivity contribution in [1.29, 1.82) is 0 Å². The first-order valence-electron chi connectivity index (χ1n) is 5.52. The molecule has 0 aromatic carbocycles. The average Bonchev–Trinajstić information content (AvgIpc) is 2.37. The molecular formula is C11H13ClN2O6. The predicted octanol–water partition coefficient (Wildman–Crippen LogP) is 0.909. The SMILES string of the molecule is COC(=O)CC(O)C(O)c1cc([N+](=O)[O-])c(C)nc1Cl. The lowest BCUT2D eigenvalue weighted by Crippen LogP contribution is -2.23. The van der Waals surface area contributed by atoms with E-state index in [0.29, 0.717) is 0 Å². The van der Waals surface area contributed by atoms with Crippen molar-refractivity contribution in [3.05, 3.63) is 32.6 Å². The van der Waals surface area contributed by atoms with Crippen molar-refractivity contribution in [2.45, 2.75) is 25.6 Å². The molecule has 2 N–H and O–H groups in total. The Morgan fingerprint density at radius 3 is 2.70 bits per heavy atom. The number of hydrogen-bond donors (Lipinski definition) is 2. The molecule has 0 radical (unpaired) electrons. The van der Waals surface area contributed by atoms with E-state index >= 15 is 0 Å². The Hall–Kier alpha value is -1.77. The summed E-state index contributed by atoms with van der Waals surface area (Å²) in [5, 5.41) is 30.2. The number of ether oxygens (including phenoxy) is 1. The van der Waals surface area contributed by atoms with Crippen molar-refractivity contribution in [1.82, 2.24) is 4.98 Å². The number of nitro groups is 1. The second-order valence-corrected chi connectivity index (χ2v) is 4.38. The number of halogens is 1. The molecule has 0 aliphatic rings. The molecule has 1 aromatic rings. The summed E-state index contributed by atoms with van der Waals surface area (Å²) in [6, 6.07) is 1.02. The quantitative estimate of drug-likeness (QED) is 0.358. The summed E-state index contributed by atoms with van der Waals surface area (Å²) < 4.78 is 4.35. The number of nitrogens with zero attached hydrogens (tertiary/aromatic N) is 2. The molecule has 0 aliphatic heterocycles. The summed E-state index contributed by atoms with van der Waals surface area (Å²) in [5.74, 6) is -0.734. The lowest BCUT2D eigenvalue weighted by Gasteiger charge is -2.18. The topological polar surface area (TPSA) is 123 Å². The van der Waals surface area contributed by atoms with Crippen molar-refractivity contribution in [3.8, 4) is 0 Å². The normalized spacial score (nSPS) is 13.7. The maximum absolute atomic E-state index is 11.0. The largest absolute Gasteiger partial charge is 0.469 e. The fraction of sp³-hybridized carbons (Fsp3) is 0.455. The summed E-state index contributed by atoms with van der Waals surface area (Å²) in [6.07, 6.45) is -3.58. The van der Waals surface area contributed by atoms with Crippen LogP contribution in [-0.2, 0) is 9.53 Å². The van der Waals surface area contributed by atoms with Gasteiger partial charge in [-0.3, -0.25) is 14.9 Å². The molecular weight excluding hydrogens is 292 g/mol. The van der Waals surface area contributed by atoms with Crippen LogP contribution in [0, 0.1) is 17.0 Å². The van der Waals surface area contributed by atoms with Crippen LogP contribution < -0.4 is 0 Å². The summed E-state index contributed by atoms with van der Waals surface area (Å²) in [6.45, 7) is 1.39. The van der Waals surface area contributed by atoms with E-state index < -0.39 is 29.5 Å². The first-order valence-corrected chi connectivity index (χ1v) is 5.90. The molecule has 2 unspecified atom stereocenters. The van der Waals surface area contributed by atoms with E-state index in [2.05, 4.69) is 9.72 Å². The van der Waals surface area contributed by atoms with Gasteiger partial charge in [-0.05, 0) is 6.92 Å². The third kappa shape index (κ3) is 3.62. The Morgan fingerprint density at radius 1 is 1.60 bits per heavy atom. The van der Waals surface area contributed by atoms with Crippen LogP contribution in [0.3, 0.4) is 0 Å². The van der Waals surface area contributed by atoms with Crippen LogP contribution in [0.25, 0.3) is 0 Å². The van der Waals surface area contributed by atoms with Crippen LogP contribution in [0.15, 0.2) is 6.07 Å². The molecule has 1 rings (SSSR count). The molecule has 20 heavy (non-hydrogen) atoms. The van der Waals surface area contributed by atoms with Gasteiger partial charge >= 0.3 is 5.97 Å². The Balaban J connectivity index is 3.09. The molecule has 110 valence electrons. The Labute approximate surface area is 119 Å². The smallest absolute Gasteiger partial charge is 0.308 e. The van der Waals surface area contributed by atoms with Gasteiger partial charge in [0.2, 0.25) is 0 Å². The van der Waals surface area contributed by atoms with Crippen LogP contribution >= 0.6 is 11.6 Å². The molecule has 0 bridgehead atoms. The van der Waals surface area contributed by atoms with E-state index in [-0.39, 0.29) is 22.1 Å². The molecule has 0 fully saturated rings. The molecule has 0 saturated heterocycles. The molecule has 8 nitrogen and oxygen atoms in total. The average molecular weight is 305 g/mol. The number of pyridine rings is 1. The van der Waals surface area contributed by atoms with Crippen molar-refractivity contribution in [2.75, 3.05) is 7.11 Å². The lowest BCUT2D eigenvalue weighted by atomic mass is 10.0. The number of methoxy groups -OCH3 is 1. The maximum Gasteiger partial charge on any atom is 0.308 e. The maximum atomic E-state index is 11.0. The molecule has 0 amide bonds. The number of aliphatic hydroxyl groups excluding tert-OH is 2. The van der Waals surface area contributed by atoms with Crippen molar-refractivity contribution >= 4 is 23.3 Å². The minimum atomic E-state index is -1.59. The number of aromatic nitrogens is 1. The highest BCUT2D eigenvalue weighted by Crippen LogP contribution is 2.30. The van der Waals surface area contributed by atoms with Crippen molar-refractivity contribution in [2.24, 2.45) is 0 Å². The number of carbonyl (C=O) groups is 1. The first-order chi connectivity index (χ1) is 9.27. The fourth-order valence-electron chi connectivity index (χ4n) is 1.55. The van der Waals surface area contributed by atoms with E-state index in [1.54, 1.807) is 0 Å². The predicted molar refractivity (Wildman–Crippen MR) is 68.2 cm³/mol. The van der Waals surface area contributed by atoms with Gasteiger partial charge in [-0.1, -0.05) is 11.6 Å². The van der Waals surface area contributed by atoms with Crippen molar-refractivity contribution < 1.29 is 24.7 Å². The Morgan fingerprint density at radius 2 is 2.20 bits per heavy atom. The summed E-state index contributed by atoms with van der Waals surface area (Å²) in [7, 11) is 1.13. The van der Waals surface area contributed by atoms with Gasteiger partial charge in [0.15, 0.2) is 0 Å². The van der Waals surface area contributed by atoms with E-state index in [9.17, 15) is 25.1 Å². The van der Waals surface area contributed by atoms with Crippen LogP contribution in [-0.4, -0.2) is 39.3 Å². The zero-order valence-corrected chi connectivity index (χ0v) is 11.5. The summed E-state index contributed by atoms with van der Waals surface area (Å²) in [4.78, 5) is 24.9. The molecule has 2 atom stereocenters. The highest BCUT2D eigenvalue weighted by atomic mass is 35.5. The molecule has 1 aromatic heterocycles. The highest BCUT2D eigenvalue weighted by Gasteiger charge is 2.27. The van der Waals surface area contributed by atoms with E-state index in [4.69, 9.17) is 11.6 Å². The molecule has 1 heterocycles. The molecule has 9 heteroatoms. The fourth-order valence-corrected chi connectivity index (χ4v) is 1.84. The Kier molecular flexibility index (Phi) is 5.37. The van der Waals surface area contributed by atoms with Gasteiger partial charge < -0.3 is 14.9 Å². The minimum absolute atomic E-state index is 0.0819. The van der Waals surface area contributed by atoms with Gasteiger partial charge in [0.1, 0.15) is 17.0 Å². The standard InChI is InChI=1S/C11H13ClN2O6/c1-5-7(14(18)19)3-6(11(12)13-5)10(17)8(15)4-9(16)20-2/h3,8,10,15,17H,4H2,1-2H3. The number of esters is 1. The number of aliphatic hydroxyl groups is 2. The number of carbonyl (C=O) groups excluding carboxylic acids is 1. The first kappa shape index (κ1) is 16.3.